The van der Waals surface area contributed by atoms with Crippen molar-refractivity contribution in [3.63, 3.8) is 0 Å². The van der Waals surface area contributed by atoms with Gasteiger partial charge >= 0.3 is 0 Å². The molecule has 0 aromatic carbocycles. The van der Waals surface area contributed by atoms with Crippen LogP contribution in [0.2, 0.25) is 0 Å². The lowest BCUT2D eigenvalue weighted by atomic mass is 9.82. The molecule has 0 amide bonds. The highest BCUT2D eigenvalue weighted by molar-refractivity contribution is 5.16. The van der Waals surface area contributed by atoms with Crippen LogP contribution in [-0.4, -0.2) is 42.8 Å². The monoisotopic (exact) mass is 239 g/mol. The minimum Gasteiger partial charge on any atom is -0.379 e. The molecule has 98 valence electrons. The summed E-state index contributed by atoms with van der Waals surface area (Å²) in [4.78, 5) is 2.57. The summed E-state index contributed by atoms with van der Waals surface area (Å²) in [6.45, 7) is 9.91. The highest BCUT2D eigenvalue weighted by Crippen LogP contribution is 2.40. The Morgan fingerprint density at radius 3 is 2.41 bits per heavy atom. The SMILES string of the molecule is C=C(C)C(NN)C1(N2CCOCC2)CCCC1. The number of rotatable bonds is 4. The molecule has 0 radical (unpaired) electrons. The lowest BCUT2D eigenvalue weighted by Gasteiger charge is -2.48. The first-order chi connectivity index (χ1) is 8.20. The molecule has 0 spiro atoms. The summed E-state index contributed by atoms with van der Waals surface area (Å²) in [6, 6.07) is 0.197. The summed E-state index contributed by atoms with van der Waals surface area (Å²) in [5, 5.41) is 0. The molecule has 17 heavy (non-hydrogen) atoms. The van der Waals surface area contributed by atoms with E-state index in [0.29, 0.717) is 0 Å². The maximum absolute atomic E-state index is 5.78. The molecule has 4 nitrogen and oxygen atoms in total. The molecule has 1 saturated heterocycles. The van der Waals surface area contributed by atoms with Crippen molar-refractivity contribution in [3.05, 3.63) is 12.2 Å². The highest BCUT2D eigenvalue weighted by atomic mass is 16.5. The number of hydrogen-bond donors (Lipinski definition) is 2. The maximum atomic E-state index is 5.78. The van der Waals surface area contributed by atoms with Crippen LogP contribution in [0.5, 0.6) is 0 Å². The first kappa shape index (κ1) is 13.0. The van der Waals surface area contributed by atoms with E-state index in [9.17, 15) is 0 Å². The van der Waals surface area contributed by atoms with Crippen molar-refractivity contribution in [1.82, 2.24) is 10.3 Å². The number of nitrogens with one attached hydrogen (secondary N) is 1. The smallest absolute Gasteiger partial charge is 0.0598 e. The molecular weight excluding hydrogens is 214 g/mol. The van der Waals surface area contributed by atoms with Crippen LogP contribution in [0.25, 0.3) is 0 Å². The molecule has 0 aromatic rings. The number of hydrogen-bond acceptors (Lipinski definition) is 4. The Labute approximate surface area is 104 Å². The first-order valence-corrected chi connectivity index (χ1v) is 6.65. The van der Waals surface area contributed by atoms with E-state index in [2.05, 4.69) is 23.8 Å². The predicted molar refractivity (Wildman–Crippen MR) is 69.5 cm³/mol. The summed E-state index contributed by atoms with van der Waals surface area (Å²) >= 11 is 0. The van der Waals surface area contributed by atoms with E-state index in [-0.39, 0.29) is 11.6 Å². The van der Waals surface area contributed by atoms with Crippen LogP contribution in [0.1, 0.15) is 32.6 Å². The van der Waals surface area contributed by atoms with Crippen LogP contribution < -0.4 is 11.3 Å². The molecule has 4 heteroatoms. The molecule has 1 heterocycles. The van der Waals surface area contributed by atoms with E-state index < -0.39 is 0 Å². The molecule has 1 aliphatic carbocycles. The van der Waals surface area contributed by atoms with Gasteiger partial charge in [0.25, 0.3) is 0 Å². The Balaban J connectivity index is 2.20. The molecule has 3 N–H and O–H groups in total. The third-order valence-corrected chi connectivity index (χ3v) is 4.31. The largest absolute Gasteiger partial charge is 0.379 e. The molecule has 1 saturated carbocycles. The Morgan fingerprint density at radius 1 is 1.35 bits per heavy atom. The number of hydrazine groups is 1. The van der Waals surface area contributed by atoms with Crippen molar-refractivity contribution in [2.75, 3.05) is 26.3 Å². The van der Waals surface area contributed by atoms with Gasteiger partial charge in [0, 0.05) is 18.6 Å². The minimum absolute atomic E-state index is 0.171. The van der Waals surface area contributed by atoms with Gasteiger partial charge in [-0.2, -0.15) is 0 Å². The van der Waals surface area contributed by atoms with Crippen LogP contribution in [0, 0.1) is 0 Å². The standard InChI is InChI=1S/C13H25N3O/c1-11(2)12(15-14)13(5-3-4-6-13)16-7-9-17-10-8-16/h12,15H,1,3-10,14H2,2H3. The maximum Gasteiger partial charge on any atom is 0.0598 e. The van der Waals surface area contributed by atoms with Crippen LogP contribution >= 0.6 is 0 Å². The van der Waals surface area contributed by atoms with Gasteiger partial charge in [0.05, 0.1) is 19.3 Å². The lowest BCUT2D eigenvalue weighted by molar-refractivity contribution is -0.0308. The van der Waals surface area contributed by atoms with Crippen LogP contribution in [0.3, 0.4) is 0 Å². The normalized spacial score (nSPS) is 26.9. The lowest BCUT2D eigenvalue weighted by Crippen LogP contribution is -2.63. The fourth-order valence-electron chi connectivity index (χ4n) is 3.54. The topological polar surface area (TPSA) is 50.5 Å². The van der Waals surface area contributed by atoms with Crippen LogP contribution in [0.15, 0.2) is 12.2 Å². The summed E-state index contributed by atoms with van der Waals surface area (Å²) in [6.07, 6.45) is 5.02. The molecule has 1 aliphatic heterocycles. The Morgan fingerprint density at radius 2 is 1.94 bits per heavy atom. The minimum atomic E-state index is 0.171. The van der Waals surface area contributed by atoms with Gasteiger partial charge in [-0.05, 0) is 19.8 Å². The highest BCUT2D eigenvalue weighted by Gasteiger charge is 2.46. The van der Waals surface area contributed by atoms with E-state index in [1.54, 1.807) is 0 Å². The zero-order valence-corrected chi connectivity index (χ0v) is 10.9. The zero-order chi connectivity index (χ0) is 12.3. The van der Waals surface area contributed by atoms with Crippen molar-refractivity contribution >= 4 is 0 Å². The van der Waals surface area contributed by atoms with Crippen molar-refractivity contribution in [1.29, 1.82) is 0 Å². The second-order valence-corrected chi connectivity index (χ2v) is 5.36. The summed E-state index contributed by atoms with van der Waals surface area (Å²) in [7, 11) is 0. The third kappa shape index (κ3) is 2.40. The van der Waals surface area contributed by atoms with Gasteiger partial charge in [0.2, 0.25) is 0 Å². The molecular formula is C13H25N3O. The van der Waals surface area contributed by atoms with Crippen molar-refractivity contribution in [3.8, 4) is 0 Å². The van der Waals surface area contributed by atoms with Crippen molar-refractivity contribution in [2.24, 2.45) is 5.84 Å². The van der Waals surface area contributed by atoms with Gasteiger partial charge in [0.1, 0.15) is 0 Å². The van der Waals surface area contributed by atoms with E-state index in [1.807, 2.05) is 0 Å². The van der Waals surface area contributed by atoms with Crippen molar-refractivity contribution < 1.29 is 4.74 Å². The second-order valence-electron chi connectivity index (χ2n) is 5.36. The summed E-state index contributed by atoms with van der Waals surface area (Å²) < 4.78 is 5.46. The first-order valence-electron chi connectivity index (χ1n) is 6.65. The second kappa shape index (κ2) is 5.48. The Kier molecular flexibility index (Phi) is 4.20. The fraction of sp³-hybridized carbons (Fsp3) is 0.846. The molecule has 1 atom stereocenters. The van der Waals surface area contributed by atoms with Gasteiger partial charge in [-0.25, -0.2) is 0 Å². The summed E-state index contributed by atoms with van der Waals surface area (Å²) in [5.41, 5.74) is 4.31. The number of ether oxygens (including phenoxy) is 1. The molecule has 2 fully saturated rings. The number of morpholine rings is 1. The van der Waals surface area contributed by atoms with Gasteiger partial charge < -0.3 is 4.74 Å². The molecule has 2 rings (SSSR count). The van der Waals surface area contributed by atoms with Crippen LogP contribution in [0.4, 0.5) is 0 Å². The molecule has 0 aromatic heterocycles. The van der Waals surface area contributed by atoms with Crippen LogP contribution in [-0.2, 0) is 4.74 Å². The van der Waals surface area contributed by atoms with E-state index >= 15 is 0 Å². The van der Waals surface area contributed by atoms with E-state index in [1.165, 1.54) is 25.7 Å². The van der Waals surface area contributed by atoms with E-state index in [0.717, 1.165) is 31.9 Å². The predicted octanol–water partition coefficient (Wildman–Crippen LogP) is 1.04. The van der Waals surface area contributed by atoms with Gasteiger partial charge in [-0.3, -0.25) is 16.2 Å². The molecule has 0 bridgehead atoms. The third-order valence-electron chi connectivity index (χ3n) is 4.31. The van der Waals surface area contributed by atoms with Crippen molar-refractivity contribution in [2.45, 2.75) is 44.2 Å². The van der Waals surface area contributed by atoms with Gasteiger partial charge in [-0.1, -0.05) is 25.0 Å². The van der Waals surface area contributed by atoms with Gasteiger partial charge in [-0.15, -0.1) is 0 Å². The fourth-order valence-corrected chi connectivity index (χ4v) is 3.54. The Hall–Kier alpha value is -0.420. The average molecular weight is 239 g/mol. The molecule has 2 aliphatic rings. The summed E-state index contributed by atoms with van der Waals surface area (Å²) in [5.74, 6) is 5.78. The van der Waals surface area contributed by atoms with Gasteiger partial charge in [0.15, 0.2) is 0 Å². The number of nitrogens with two attached hydrogens (primary N) is 1. The Bertz CT molecular complexity index is 268. The quantitative estimate of drug-likeness (QED) is 0.437. The average Bonchev–Trinajstić information content (AvgIpc) is 2.81. The van der Waals surface area contributed by atoms with E-state index in [4.69, 9.17) is 10.6 Å². The number of nitrogens with zero attached hydrogens (tertiary/aromatic N) is 1. The zero-order valence-electron chi connectivity index (χ0n) is 10.9. The molecule has 1 unspecified atom stereocenters.